The van der Waals surface area contributed by atoms with Crippen LogP contribution in [0.5, 0.6) is 0 Å². The Morgan fingerprint density at radius 3 is 2.89 bits per heavy atom. The lowest BCUT2D eigenvalue weighted by molar-refractivity contribution is -0.143. The molecule has 1 saturated heterocycles. The van der Waals surface area contributed by atoms with Gasteiger partial charge in [0.1, 0.15) is 0 Å². The molecule has 0 aromatic rings. The van der Waals surface area contributed by atoms with Gasteiger partial charge >= 0.3 is 0 Å². The summed E-state index contributed by atoms with van der Waals surface area (Å²) < 4.78 is 0. The van der Waals surface area contributed by atoms with Crippen molar-refractivity contribution in [2.24, 2.45) is 17.6 Å². The number of hydrogen-bond donors (Lipinski definition) is 2. The molecule has 104 valence electrons. The first-order valence-electron chi connectivity index (χ1n) is 7.23. The van der Waals surface area contributed by atoms with Crippen molar-refractivity contribution in [3.05, 3.63) is 0 Å². The Bertz CT molecular complexity index is 304. The van der Waals surface area contributed by atoms with Crippen LogP contribution in [0.2, 0.25) is 0 Å². The lowest BCUT2D eigenvalue weighted by Gasteiger charge is -2.39. The quantitative estimate of drug-likeness (QED) is 0.776. The van der Waals surface area contributed by atoms with Gasteiger partial charge in [0.15, 0.2) is 0 Å². The lowest BCUT2D eigenvalue weighted by atomic mass is 9.80. The lowest BCUT2D eigenvalue weighted by Crippen LogP contribution is -2.50. The Morgan fingerprint density at radius 2 is 2.22 bits per heavy atom. The number of likely N-dealkylation sites (tertiary alicyclic amines) is 1. The van der Waals surface area contributed by atoms with Crippen LogP contribution in [-0.4, -0.2) is 41.1 Å². The number of piperidine rings is 1. The highest BCUT2D eigenvalue weighted by atomic mass is 16.3. The summed E-state index contributed by atoms with van der Waals surface area (Å²) in [6.45, 7) is 3.83. The average Bonchev–Trinajstić information content (AvgIpc) is 2.37. The molecule has 3 unspecified atom stereocenters. The van der Waals surface area contributed by atoms with Gasteiger partial charge in [0.2, 0.25) is 5.91 Å². The van der Waals surface area contributed by atoms with Gasteiger partial charge in [-0.2, -0.15) is 0 Å². The highest BCUT2D eigenvalue weighted by Crippen LogP contribution is 2.31. The minimum atomic E-state index is -0.699. The first-order valence-corrected chi connectivity index (χ1v) is 7.23. The molecule has 4 nitrogen and oxygen atoms in total. The third-order valence-corrected chi connectivity index (χ3v) is 4.45. The standard InChI is InChI=1S/C14H26N2O2/c1-14(18)6-3-7-16(10-14)13(17)12-5-2-4-11(8-12)9-15/h11-12,18H,2-10,15H2,1H3. The number of hydrogen-bond acceptors (Lipinski definition) is 3. The van der Waals surface area contributed by atoms with E-state index in [2.05, 4.69) is 0 Å². The molecule has 2 rings (SSSR count). The molecule has 1 aliphatic heterocycles. The third-order valence-electron chi connectivity index (χ3n) is 4.45. The first-order chi connectivity index (χ1) is 8.52. The molecule has 1 saturated carbocycles. The normalized spacial score (nSPS) is 37.6. The highest BCUT2D eigenvalue weighted by molar-refractivity contribution is 5.79. The Labute approximate surface area is 110 Å². The second-order valence-electron chi connectivity index (χ2n) is 6.33. The molecule has 2 aliphatic rings. The predicted molar refractivity (Wildman–Crippen MR) is 70.9 cm³/mol. The molecular weight excluding hydrogens is 228 g/mol. The van der Waals surface area contributed by atoms with Gasteiger partial charge in [-0.1, -0.05) is 6.42 Å². The average molecular weight is 254 g/mol. The summed E-state index contributed by atoms with van der Waals surface area (Å²) in [7, 11) is 0. The maximum atomic E-state index is 12.5. The van der Waals surface area contributed by atoms with E-state index in [0.29, 0.717) is 19.0 Å². The van der Waals surface area contributed by atoms with Crippen molar-refractivity contribution in [2.75, 3.05) is 19.6 Å². The van der Waals surface area contributed by atoms with E-state index in [0.717, 1.165) is 45.1 Å². The number of carbonyl (C=O) groups excluding carboxylic acids is 1. The minimum Gasteiger partial charge on any atom is -0.388 e. The van der Waals surface area contributed by atoms with E-state index in [-0.39, 0.29) is 11.8 Å². The molecule has 0 aromatic heterocycles. The molecule has 1 amide bonds. The van der Waals surface area contributed by atoms with Gasteiger partial charge in [-0.15, -0.1) is 0 Å². The maximum absolute atomic E-state index is 12.5. The molecule has 0 spiro atoms. The molecule has 3 N–H and O–H groups in total. The molecular formula is C14H26N2O2. The zero-order valence-corrected chi connectivity index (χ0v) is 11.4. The van der Waals surface area contributed by atoms with Crippen LogP contribution < -0.4 is 5.73 Å². The molecule has 18 heavy (non-hydrogen) atoms. The molecule has 3 atom stereocenters. The van der Waals surface area contributed by atoms with Crippen molar-refractivity contribution < 1.29 is 9.90 Å². The van der Waals surface area contributed by atoms with Gasteiger partial charge in [0.05, 0.1) is 5.60 Å². The van der Waals surface area contributed by atoms with Crippen LogP contribution in [0.1, 0.15) is 45.4 Å². The number of nitrogens with two attached hydrogens (primary N) is 1. The molecule has 1 heterocycles. The van der Waals surface area contributed by atoms with Crippen LogP contribution in [0, 0.1) is 11.8 Å². The van der Waals surface area contributed by atoms with Gasteiger partial charge in [-0.05, 0) is 51.5 Å². The SMILES string of the molecule is CC1(O)CCCN(C(=O)C2CCCC(CN)C2)C1. The van der Waals surface area contributed by atoms with E-state index in [1.807, 2.05) is 11.8 Å². The molecule has 0 aromatic carbocycles. The van der Waals surface area contributed by atoms with Crippen molar-refractivity contribution >= 4 is 5.91 Å². The highest BCUT2D eigenvalue weighted by Gasteiger charge is 2.35. The molecule has 1 aliphatic carbocycles. The Hall–Kier alpha value is -0.610. The van der Waals surface area contributed by atoms with Gasteiger partial charge in [-0.25, -0.2) is 0 Å². The summed E-state index contributed by atoms with van der Waals surface area (Å²) in [5, 5.41) is 10.1. The number of nitrogens with zero attached hydrogens (tertiary/aromatic N) is 1. The molecule has 2 fully saturated rings. The number of rotatable bonds is 2. The fourth-order valence-electron chi connectivity index (χ4n) is 3.40. The smallest absolute Gasteiger partial charge is 0.225 e. The molecule has 4 heteroatoms. The van der Waals surface area contributed by atoms with Crippen LogP contribution in [0.15, 0.2) is 0 Å². The van der Waals surface area contributed by atoms with E-state index >= 15 is 0 Å². The first kappa shape index (κ1) is 13.8. The van der Waals surface area contributed by atoms with Gasteiger partial charge in [-0.3, -0.25) is 4.79 Å². The van der Waals surface area contributed by atoms with Crippen molar-refractivity contribution in [3.63, 3.8) is 0 Å². The monoisotopic (exact) mass is 254 g/mol. The van der Waals surface area contributed by atoms with Crippen LogP contribution in [-0.2, 0) is 4.79 Å². The number of aliphatic hydroxyl groups is 1. The minimum absolute atomic E-state index is 0.140. The third kappa shape index (κ3) is 3.23. The van der Waals surface area contributed by atoms with Crippen molar-refractivity contribution in [3.8, 4) is 0 Å². The number of β-amino-alcohol motifs (C(OH)–C–C–N with tert-alkyl or cyclic N) is 1. The van der Waals surface area contributed by atoms with Gasteiger partial charge in [0.25, 0.3) is 0 Å². The zero-order valence-electron chi connectivity index (χ0n) is 11.4. The van der Waals surface area contributed by atoms with Crippen LogP contribution in [0.25, 0.3) is 0 Å². The van der Waals surface area contributed by atoms with E-state index in [1.54, 1.807) is 0 Å². The summed E-state index contributed by atoms with van der Waals surface area (Å²) in [5.74, 6) is 0.896. The van der Waals surface area contributed by atoms with E-state index in [4.69, 9.17) is 5.73 Å². The van der Waals surface area contributed by atoms with Crippen LogP contribution in [0.4, 0.5) is 0 Å². The molecule has 0 radical (unpaired) electrons. The fourth-order valence-corrected chi connectivity index (χ4v) is 3.40. The topological polar surface area (TPSA) is 66.6 Å². The van der Waals surface area contributed by atoms with Crippen LogP contribution in [0.3, 0.4) is 0 Å². The van der Waals surface area contributed by atoms with Crippen molar-refractivity contribution in [2.45, 2.75) is 51.0 Å². The predicted octanol–water partition coefficient (Wildman–Crippen LogP) is 1.12. The van der Waals surface area contributed by atoms with E-state index in [1.165, 1.54) is 0 Å². The van der Waals surface area contributed by atoms with Crippen molar-refractivity contribution in [1.82, 2.24) is 4.90 Å². The van der Waals surface area contributed by atoms with Crippen molar-refractivity contribution in [1.29, 1.82) is 0 Å². The summed E-state index contributed by atoms with van der Waals surface area (Å²) in [6.07, 6.45) is 5.92. The van der Waals surface area contributed by atoms with E-state index in [9.17, 15) is 9.90 Å². The van der Waals surface area contributed by atoms with Crippen LogP contribution >= 0.6 is 0 Å². The second-order valence-corrected chi connectivity index (χ2v) is 6.33. The maximum Gasteiger partial charge on any atom is 0.225 e. The second kappa shape index (κ2) is 5.57. The number of amides is 1. The van der Waals surface area contributed by atoms with Gasteiger partial charge < -0.3 is 15.7 Å². The zero-order chi connectivity index (χ0) is 13.2. The Morgan fingerprint density at radius 1 is 1.44 bits per heavy atom. The summed E-state index contributed by atoms with van der Waals surface area (Å²) >= 11 is 0. The Balaban J connectivity index is 1.94. The summed E-state index contributed by atoms with van der Waals surface area (Å²) in [4.78, 5) is 14.3. The fraction of sp³-hybridized carbons (Fsp3) is 0.929. The Kier molecular flexibility index (Phi) is 4.28. The summed E-state index contributed by atoms with van der Waals surface area (Å²) in [6, 6.07) is 0. The number of carbonyl (C=O) groups is 1. The molecule has 0 bridgehead atoms. The van der Waals surface area contributed by atoms with E-state index < -0.39 is 5.60 Å². The largest absolute Gasteiger partial charge is 0.388 e. The summed E-state index contributed by atoms with van der Waals surface area (Å²) in [5.41, 5.74) is 5.02. The van der Waals surface area contributed by atoms with Gasteiger partial charge in [0, 0.05) is 19.0 Å².